The van der Waals surface area contributed by atoms with Crippen molar-refractivity contribution < 1.29 is 14.7 Å². The van der Waals surface area contributed by atoms with Crippen molar-refractivity contribution in [3.05, 3.63) is 0 Å². The zero-order valence-corrected chi connectivity index (χ0v) is 6.83. The standard InChI is InChI=1S/C7H13NO3/c1-3-4-5-6(8-10)7(9)11-2/h10H,3-5H2,1-2H3/b8-6-. The molecule has 0 bridgehead atoms. The van der Waals surface area contributed by atoms with Gasteiger partial charge in [0.1, 0.15) is 0 Å². The van der Waals surface area contributed by atoms with E-state index in [0.29, 0.717) is 6.42 Å². The molecule has 0 fully saturated rings. The van der Waals surface area contributed by atoms with Crippen molar-refractivity contribution in [1.29, 1.82) is 0 Å². The molecule has 0 unspecified atom stereocenters. The fraction of sp³-hybridized carbons (Fsp3) is 0.714. The van der Waals surface area contributed by atoms with Crippen molar-refractivity contribution >= 4 is 11.7 Å². The predicted molar refractivity (Wildman–Crippen MR) is 40.8 cm³/mol. The van der Waals surface area contributed by atoms with E-state index in [2.05, 4.69) is 9.89 Å². The first-order valence-electron chi connectivity index (χ1n) is 3.55. The number of nitrogens with zero attached hydrogens (tertiary/aromatic N) is 1. The molecule has 0 spiro atoms. The molecule has 0 atom stereocenters. The van der Waals surface area contributed by atoms with E-state index in [-0.39, 0.29) is 5.71 Å². The van der Waals surface area contributed by atoms with E-state index in [0.717, 1.165) is 12.8 Å². The number of oxime groups is 1. The molecule has 4 nitrogen and oxygen atoms in total. The summed E-state index contributed by atoms with van der Waals surface area (Å²) in [6.07, 6.45) is 2.25. The quantitative estimate of drug-likeness (QED) is 0.290. The van der Waals surface area contributed by atoms with Crippen LogP contribution in [0.3, 0.4) is 0 Å². The Balaban J connectivity index is 3.87. The van der Waals surface area contributed by atoms with Crippen LogP contribution in [0.2, 0.25) is 0 Å². The first kappa shape index (κ1) is 9.94. The molecule has 0 saturated carbocycles. The van der Waals surface area contributed by atoms with Gasteiger partial charge in [-0.3, -0.25) is 0 Å². The number of carbonyl (C=O) groups excluding carboxylic acids is 1. The molecule has 4 heteroatoms. The molecule has 0 radical (unpaired) electrons. The smallest absolute Gasteiger partial charge is 0.355 e. The van der Waals surface area contributed by atoms with Crippen LogP contribution in [0.1, 0.15) is 26.2 Å². The van der Waals surface area contributed by atoms with Gasteiger partial charge in [-0.1, -0.05) is 18.5 Å². The minimum atomic E-state index is -0.555. The van der Waals surface area contributed by atoms with Gasteiger partial charge in [0.25, 0.3) is 0 Å². The molecule has 0 aliphatic heterocycles. The topological polar surface area (TPSA) is 58.9 Å². The normalized spacial score (nSPS) is 11.3. The summed E-state index contributed by atoms with van der Waals surface area (Å²) in [6, 6.07) is 0. The largest absolute Gasteiger partial charge is 0.464 e. The number of esters is 1. The molecular formula is C7H13NO3. The predicted octanol–water partition coefficient (Wildman–Crippen LogP) is 1.18. The summed E-state index contributed by atoms with van der Waals surface area (Å²) in [5, 5.41) is 11.2. The number of hydrogen-bond acceptors (Lipinski definition) is 4. The number of ether oxygens (including phenoxy) is 1. The number of carbonyl (C=O) groups is 1. The fourth-order valence-electron chi connectivity index (χ4n) is 0.655. The summed E-state index contributed by atoms with van der Waals surface area (Å²) >= 11 is 0. The molecule has 0 aromatic carbocycles. The van der Waals surface area contributed by atoms with Crippen LogP contribution < -0.4 is 0 Å². The number of unbranched alkanes of at least 4 members (excludes halogenated alkanes) is 1. The molecule has 0 amide bonds. The van der Waals surface area contributed by atoms with Crippen LogP contribution >= 0.6 is 0 Å². The third-order valence-corrected chi connectivity index (χ3v) is 1.31. The lowest BCUT2D eigenvalue weighted by molar-refractivity contribution is -0.133. The summed E-state index contributed by atoms with van der Waals surface area (Å²) in [4.78, 5) is 10.7. The lowest BCUT2D eigenvalue weighted by Crippen LogP contribution is -2.15. The van der Waals surface area contributed by atoms with Gasteiger partial charge < -0.3 is 9.94 Å². The Labute approximate surface area is 65.8 Å². The molecule has 11 heavy (non-hydrogen) atoms. The molecule has 0 heterocycles. The van der Waals surface area contributed by atoms with Crippen LogP contribution in [0.15, 0.2) is 5.16 Å². The number of rotatable bonds is 4. The van der Waals surface area contributed by atoms with E-state index < -0.39 is 5.97 Å². The second-order valence-electron chi connectivity index (χ2n) is 2.14. The first-order chi connectivity index (χ1) is 5.26. The third kappa shape index (κ3) is 3.60. The van der Waals surface area contributed by atoms with Gasteiger partial charge in [0.15, 0.2) is 5.71 Å². The average molecular weight is 159 g/mol. The maximum absolute atomic E-state index is 10.7. The van der Waals surface area contributed by atoms with E-state index in [1.54, 1.807) is 0 Å². The summed E-state index contributed by atoms with van der Waals surface area (Å²) < 4.78 is 4.37. The zero-order valence-electron chi connectivity index (χ0n) is 6.83. The fourth-order valence-corrected chi connectivity index (χ4v) is 0.655. The van der Waals surface area contributed by atoms with Gasteiger partial charge in [-0.05, 0) is 6.42 Å². The summed E-state index contributed by atoms with van der Waals surface area (Å²) in [7, 11) is 1.26. The van der Waals surface area contributed by atoms with Crippen molar-refractivity contribution in [3.63, 3.8) is 0 Å². The Hall–Kier alpha value is -1.06. The number of hydrogen-bond donors (Lipinski definition) is 1. The van der Waals surface area contributed by atoms with Crippen molar-refractivity contribution in [2.75, 3.05) is 7.11 Å². The van der Waals surface area contributed by atoms with Crippen LogP contribution in [0.5, 0.6) is 0 Å². The molecular weight excluding hydrogens is 146 g/mol. The van der Waals surface area contributed by atoms with Crippen molar-refractivity contribution in [2.24, 2.45) is 5.16 Å². The lowest BCUT2D eigenvalue weighted by atomic mass is 10.2. The Kier molecular flexibility index (Phi) is 5.15. The maximum Gasteiger partial charge on any atom is 0.355 e. The van der Waals surface area contributed by atoms with Gasteiger partial charge in [-0.25, -0.2) is 4.79 Å². The number of methoxy groups -OCH3 is 1. The highest BCUT2D eigenvalue weighted by Gasteiger charge is 2.10. The van der Waals surface area contributed by atoms with E-state index in [1.807, 2.05) is 6.92 Å². The van der Waals surface area contributed by atoms with E-state index in [4.69, 9.17) is 5.21 Å². The molecule has 0 aromatic heterocycles. The summed E-state index contributed by atoms with van der Waals surface area (Å²) in [5.74, 6) is -0.555. The molecule has 0 aliphatic rings. The first-order valence-corrected chi connectivity index (χ1v) is 3.55. The highest BCUT2D eigenvalue weighted by molar-refractivity contribution is 6.36. The van der Waals surface area contributed by atoms with Gasteiger partial charge in [0.2, 0.25) is 0 Å². The third-order valence-electron chi connectivity index (χ3n) is 1.31. The van der Waals surface area contributed by atoms with Crippen LogP contribution in [-0.2, 0) is 9.53 Å². The second kappa shape index (κ2) is 5.70. The van der Waals surface area contributed by atoms with Crippen LogP contribution in [-0.4, -0.2) is 24.0 Å². The van der Waals surface area contributed by atoms with Crippen molar-refractivity contribution in [1.82, 2.24) is 0 Å². The van der Waals surface area contributed by atoms with Gasteiger partial charge in [0, 0.05) is 6.42 Å². The zero-order chi connectivity index (χ0) is 8.69. The molecule has 0 rings (SSSR count). The van der Waals surface area contributed by atoms with Crippen LogP contribution in [0, 0.1) is 0 Å². The Bertz CT molecular complexity index is 154. The Morgan fingerprint density at radius 1 is 1.64 bits per heavy atom. The minimum absolute atomic E-state index is 0.0920. The van der Waals surface area contributed by atoms with Gasteiger partial charge in [0.05, 0.1) is 7.11 Å². The van der Waals surface area contributed by atoms with Gasteiger partial charge in [-0.2, -0.15) is 0 Å². The maximum atomic E-state index is 10.7. The molecule has 0 saturated heterocycles. The van der Waals surface area contributed by atoms with Crippen molar-refractivity contribution in [3.8, 4) is 0 Å². The lowest BCUT2D eigenvalue weighted by Gasteiger charge is -1.99. The molecule has 0 aromatic rings. The van der Waals surface area contributed by atoms with Crippen molar-refractivity contribution in [2.45, 2.75) is 26.2 Å². The minimum Gasteiger partial charge on any atom is -0.464 e. The van der Waals surface area contributed by atoms with E-state index in [9.17, 15) is 4.79 Å². The van der Waals surface area contributed by atoms with Crippen LogP contribution in [0.25, 0.3) is 0 Å². The monoisotopic (exact) mass is 159 g/mol. The molecule has 1 N–H and O–H groups in total. The highest BCUT2D eigenvalue weighted by atomic mass is 16.5. The van der Waals surface area contributed by atoms with E-state index >= 15 is 0 Å². The SMILES string of the molecule is CCCC/C(=N/O)C(=O)OC. The Morgan fingerprint density at radius 2 is 2.27 bits per heavy atom. The second-order valence-corrected chi connectivity index (χ2v) is 2.14. The van der Waals surface area contributed by atoms with Gasteiger partial charge in [-0.15, -0.1) is 0 Å². The Morgan fingerprint density at radius 3 is 2.64 bits per heavy atom. The molecule has 0 aliphatic carbocycles. The van der Waals surface area contributed by atoms with E-state index in [1.165, 1.54) is 7.11 Å². The van der Waals surface area contributed by atoms with Gasteiger partial charge >= 0.3 is 5.97 Å². The average Bonchev–Trinajstić information content (AvgIpc) is 2.05. The van der Waals surface area contributed by atoms with Crippen LogP contribution in [0.4, 0.5) is 0 Å². The highest BCUT2D eigenvalue weighted by Crippen LogP contribution is 1.98. The molecule has 64 valence electrons. The summed E-state index contributed by atoms with van der Waals surface area (Å²) in [6.45, 7) is 1.99. The summed E-state index contributed by atoms with van der Waals surface area (Å²) in [5.41, 5.74) is 0.0920.